The molecule has 0 spiro atoms. The topological polar surface area (TPSA) is 12.0 Å². The first-order chi connectivity index (χ1) is 7.22. The third-order valence-corrected chi connectivity index (χ3v) is 3.85. The predicted molar refractivity (Wildman–Crippen MR) is 72.2 cm³/mol. The highest BCUT2D eigenvalue weighted by Gasteiger charge is 1.98. The monoisotopic (exact) mass is 243 g/mol. The summed E-state index contributed by atoms with van der Waals surface area (Å²) in [6.07, 6.45) is 1.24. The SMILES string of the molecule is CCC(C)SCCNc1ccc(Cl)cc1. The Hall–Kier alpha value is -0.340. The third-order valence-electron chi connectivity index (χ3n) is 2.25. The number of hydrogen-bond donors (Lipinski definition) is 1. The van der Waals surface area contributed by atoms with Gasteiger partial charge < -0.3 is 5.32 Å². The minimum absolute atomic E-state index is 0.761. The second-order valence-electron chi connectivity index (χ2n) is 3.52. The van der Waals surface area contributed by atoms with Crippen molar-refractivity contribution in [3.05, 3.63) is 29.3 Å². The van der Waals surface area contributed by atoms with Crippen LogP contribution in [0.2, 0.25) is 5.02 Å². The standard InChI is InChI=1S/C12H18ClNS/c1-3-10(2)15-9-8-14-12-6-4-11(13)5-7-12/h4-7,10,14H,3,8-9H2,1-2H3. The van der Waals surface area contributed by atoms with Gasteiger partial charge in [0.15, 0.2) is 0 Å². The average Bonchev–Trinajstić information content (AvgIpc) is 2.26. The highest BCUT2D eigenvalue weighted by atomic mass is 35.5. The van der Waals surface area contributed by atoms with Gasteiger partial charge in [0, 0.05) is 28.3 Å². The van der Waals surface area contributed by atoms with Gasteiger partial charge in [-0.15, -0.1) is 0 Å². The van der Waals surface area contributed by atoms with Gasteiger partial charge in [0.05, 0.1) is 0 Å². The predicted octanol–water partition coefficient (Wildman–Crippen LogP) is 4.28. The van der Waals surface area contributed by atoms with Crippen LogP contribution in [0.1, 0.15) is 20.3 Å². The summed E-state index contributed by atoms with van der Waals surface area (Å²) >= 11 is 7.81. The molecule has 0 heterocycles. The summed E-state index contributed by atoms with van der Waals surface area (Å²) in [4.78, 5) is 0. The van der Waals surface area contributed by atoms with Crippen LogP contribution in [0.15, 0.2) is 24.3 Å². The van der Waals surface area contributed by atoms with Crippen LogP contribution in [-0.2, 0) is 0 Å². The molecule has 0 saturated heterocycles. The average molecular weight is 244 g/mol. The van der Waals surface area contributed by atoms with E-state index in [0.717, 1.165) is 28.3 Å². The molecule has 0 aliphatic rings. The molecule has 1 N–H and O–H groups in total. The summed E-state index contributed by atoms with van der Waals surface area (Å²) in [7, 11) is 0. The number of anilines is 1. The zero-order valence-electron chi connectivity index (χ0n) is 9.29. The lowest BCUT2D eigenvalue weighted by Gasteiger charge is -2.09. The molecule has 0 aliphatic heterocycles. The molecule has 15 heavy (non-hydrogen) atoms. The first-order valence-corrected chi connectivity index (χ1v) is 6.76. The first kappa shape index (κ1) is 12.7. The van der Waals surface area contributed by atoms with Crippen molar-refractivity contribution < 1.29 is 0 Å². The van der Waals surface area contributed by atoms with Crippen molar-refractivity contribution in [3.63, 3.8) is 0 Å². The summed E-state index contributed by atoms with van der Waals surface area (Å²) in [6.45, 7) is 5.51. The van der Waals surface area contributed by atoms with Crippen LogP contribution in [0.25, 0.3) is 0 Å². The Morgan fingerprint density at radius 2 is 2.00 bits per heavy atom. The fourth-order valence-electron chi connectivity index (χ4n) is 1.14. The van der Waals surface area contributed by atoms with E-state index in [2.05, 4.69) is 19.2 Å². The maximum absolute atomic E-state index is 5.80. The van der Waals surface area contributed by atoms with E-state index in [-0.39, 0.29) is 0 Å². The molecule has 0 amide bonds. The Bertz CT molecular complexity index is 273. The number of nitrogens with one attached hydrogen (secondary N) is 1. The van der Waals surface area contributed by atoms with Gasteiger partial charge in [-0.25, -0.2) is 0 Å². The lowest BCUT2D eigenvalue weighted by molar-refractivity contribution is 0.905. The molecule has 1 nitrogen and oxygen atoms in total. The molecular formula is C12H18ClNS. The van der Waals surface area contributed by atoms with Crippen molar-refractivity contribution in [2.75, 3.05) is 17.6 Å². The molecule has 84 valence electrons. The van der Waals surface area contributed by atoms with Gasteiger partial charge in [-0.05, 0) is 30.7 Å². The van der Waals surface area contributed by atoms with Crippen LogP contribution in [-0.4, -0.2) is 17.5 Å². The van der Waals surface area contributed by atoms with E-state index >= 15 is 0 Å². The summed E-state index contributed by atoms with van der Waals surface area (Å²) in [5.41, 5.74) is 1.14. The van der Waals surface area contributed by atoms with Gasteiger partial charge in [0.25, 0.3) is 0 Å². The van der Waals surface area contributed by atoms with Crippen molar-refractivity contribution >= 4 is 29.1 Å². The van der Waals surface area contributed by atoms with Crippen LogP contribution >= 0.6 is 23.4 Å². The molecule has 0 saturated carbocycles. The molecule has 0 aromatic heterocycles. The van der Waals surface area contributed by atoms with E-state index < -0.39 is 0 Å². The molecule has 0 aliphatic carbocycles. The van der Waals surface area contributed by atoms with E-state index in [0.29, 0.717) is 0 Å². The van der Waals surface area contributed by atoms with Gasteiger partial charge in [-0.1, -0.05) is 25.4 Å². The maximum atomic E-state index is 5.80. The molecule has 1 atom stereocenters. The van der Waals surface area contributed by atoms with Gasteiger partial charge in [0.1, 0.15) is 0 Å². The van der Waals surface area contributed by atoms with Crippen LogP contribution in [0.3, 0.4) is 0 Å². The van der Waals surface area contributed by atoms with Gasteiger partial charge in [-0.2, -0.15) is 11.8 Å². The second kappa shape index (κ2) is 7.02. The van der Waals surface area contributed by atoms with Crippen molar-refractivity contribution in [1.82, 2.24) is 0 Å². The summed E-state index contributed by atoms with van der Waals surface area (Å²) in [5.74, 6) is 1.15. The molecule has 1 rings (SSSR count). The maximum Gasteiger partial charge on any atom is 0.0407 e. The van der Waals surface area contributed by atoms with Crippen molar-refractivity contribution in [3.8, 4) is 0 Å². The molecule has 1 unspecified atom stereocenters. The van der Waals surface area contributed by atoms with E-state index in [1.807, 2.05) is 36.0 Å². The lowest BCUT2D eigenvalue weighted by Crippen LogP contribution is -2.06. The molecular weight excluding hydrogens is 226 g/mol. The molecule has 1 aromatic carbocycles. The Morgan fingerprint density at radius 3 is 2.60 bits per heavy atom. The minimum atomic E-state index is 0.761. The van der Waals surface area contributed by atoms with E-state index in [1.54, 1.807) is 0 Å². The Labute approximate surface area is 102 Å². The van der Waals surface area contributed by atoms with Crippen molar-refractivity contribution in [1.29, 1.82) is 0 Å². The molecule has 0 fully saturated rings. The Kier molecular flexibility index (Phi) is 5.96. The Balaban J connectivity index is 2.17. The summed E-state index contributed by atoms with van der Waals surface area (Å²) in [5, 5.41) is 4.92. The van der Waals surface area contributed by atoms with Crippen molar-refractivity contribution in [2.24, 2.45) is 0 Å². The highest BCUT2D eigenvalue weighted by Crippen LogP contribution is 2.15. The van der Waals surface area contributed by atoms with Crippen molar-refractivity contribution in [2.45, 2.75) is 25.5 Å². The largest absolute Gasteiger partial charge is 0.384 e. The fraction of sp³-hybridized carbons (Fsp3) is 0.500. The molecule has 1 aromatic rings. The van der Waals surface area contributed by atoms with Crippen LogP contribution in [0.5, 0.6) is 0 Å². The number of rotatable bonds is 6. The Morgan fingerprint density at radius 1 is 1.33 bits per heavy atom. The molecule has 0 bridgehead atoms. The van der Waals surface area contributed by atoms with E-state index in [1.165, 1.54) is 6.42 Å². The number of thioether (sulfide) groups is 1. The third kappa shape index (κ3) is 5.33. The van der Waals surface area contributed by atoms with Gasteiger partial charge in [-0.3, -0.25) is 0 Å². The van der Waals surface area contributed by atoms with E-state index in [9.17, 15) is 0 Å². The normalized spacial score (nSPS) is 12.5. The van der Waals surface area contributed by atoms with Crippen LogP contribution in [0, 0.1) is 0 Å². The zero-order chi connectivity index (χ0) is 11.1. The van der Waals surface area contributed by atoms with Crippen LogP contribution < -0.4 is 5.32 Å². The molecule has 0 radical (unpaired) electrons. The van der Waals surface area contributed by atoms with Gasteiger partial charge in [0.2, 0.25) is 0 Å². The summed E-state index contributed by atoms with van der Waals surface area (Å²) in [6, 6.07) is 7.84. The number of benzene rings is 1. The minimum Gasteiger partial charge on any atom is -0.384 e. The number of hydrogen-bond acceptors (Lipinski definition) is 2. The first-order valence-electron chi connectivity index (χ1n) is 5.33. The summed E-state index contributed by atoms with van der Waals surface area (Å²) < 4.78 is 0. The van der Waals surface area contributed by atoms with E-state index in [4.69, 9.17) is 11.6 Å². The van der Waals surface area contributed by atoms with Gasteiger partial charge >= 0.3 is 0 Å². The van der Waals surface area contributed by atoms with Crippen LogP contribution in [0.4, 0.5) is 5.69 Å². The number of halogens is 1. The smallest absolute Gasteiger partial charge is 0.0407 e. The highest BCUT2D eigenvalue weighted by molar-refractivity contribution is 7.99. The fourth-order valence-corrected chi connectivity index (χ4v) is 2.13. The second-order valence-corrected chi connectivity index (χ2v) is 5.51. The quantitative estimate of drug-likeness (QED) is 0.749. The zero-order valence-corrected chi connectivity index (χ0v) is 10.9. The lowest BCUT2D eigenvalue weighted by atomic mass is 10.3. The molecule has 3 heteroatoms.